The average molecular weight is 433 g/mol. The fourth-order valence-electron chi connectivity index (χ4n) is 5.60. The molecular formula is C31H28O2. The molecule has 2 heteroatoms. The minimum absolute atomic E-state index is 0.102. The topological polar surface area (TPSA) is 34.1 Å². The molecule has 3 unspecified atom stereocenters. The third-order valence-corrected chi connectivity index (χ3v) is 7.43. The zero-order valence-corrected chi connectivity index (χ0v) is 19.3. The Balaban J connectivity index is 1.81. The zero-order valence-electron chi connectivity index (χ0n) is 19.3. The number of allylic oxidation sites excluding steroid dienone is 3. The van der Waals surface area contributed by atoms with E-state index in [0.717, 1.165) is 33.4 Å². The SMILES string of the molecule is CC1=C(c2ccccc2)C(=O)C2(C)CC1C(=O)C(C)/C=C(/c1ccccc1)c1ccccc12. The number of ketones is 2. The van der Waals surface area contributed by atoms with Crippen LogP contribution in [0.3, 0.4) is 0 Å². The van der Waals surface area contributed by atoms with Crippen LogP contribution in [0.5, 0.6) is 0 Å². The second-order valence-corrected chi connectivity index (χ2v) is 9.52. The molecule has 3 atom stereocenters. The fraction of sp³-hybridized carbons (Fsp3) is 0.226. The third-order valence-electron chi connectivity index (χ3n) is 7.43. The molecule has 164 valence electrons. The molecule has 0 aromatic heterocycles. The minimum Gasteiger partial charge on any atom is -0.298 e. The highest BCUT2D eigenvalue weighted by Gasteiger charge is 2.48. The Morgan fingerprint density at radius 1 is 0.788 bits per heavy atom. The molecule has 3 aromatic rings. The van der Waals surface area contributed by atoms with Gasteiger partial charge >= 0.3 is 0 Å². The Bertz CT molecular complexity index is 1300. The predicted octanol–water partition coefficient (Wildman–Crippen LogP) is 6.66. The van der Waals surface area contributed by atoms with Gasteiger partial charge in [-0.15, -0.1) is 0 Å². The standard InChI is InChI=1S/C31H28O2/c1-20-18-25(22-12-6-4-7-13-22)24-16-10-11-17-27(24)31(3)19-26(29(20)32)21(2)28(30(31)33)23-14-8-5-9-15-23/h4-18,20,26H,19H2,1-3H3/b25-18-. The van der Waals surface area contributed by atoms with E-state index < -0.39 is 5.41 Å². The highest BCUT2D eigenvalue weighted by molar-refractivity contribution is 6.28. The number of fused-ring (bicyclic) bond motifs is 4. The van der Waals surface area contributed by atoms with Crippen molar-refractivity contribution in [2.75, 3.05) is 0 Å². The van der Waals surface area contributed by atoms with Crippen molar-refractivity contribution in [3.05, 3.63) is 119 Å². The molecule has 0 spiro atoms. The van der Waals surface area contributed by atoms with E-state index in [4.69, 9.17) is 0 Å². The summed E-state index contributed by atoms with van der Waals surface area (Å²) in [7, 11) is 0. The van der Waals surface area contributed by atoms with Gasteiger partial charge in [0.05, 0.1) is 5.41 Å². The molecule has 0 saturated heterocycles. The molecule has 2 nitrogen and oxygen atoms in total. The van der Waals surface area contributed by atoms with Crippen LogP contribution in [0.1, 0.15) is 49.4 Å². The van der Waals surface area contributed by atoms with E-state index in [-0.39, 0.29) is 23.4 Å². The molecule has 0 radical (unpaired) electrons. The van der Waals surface area contributed by atoms with E-state index in [1.54, 1.807) is 0 Å². The first-order valence-electron chi connectivity index (χ1n) is 11.6. The summed E-state index contributed by atoms with van der Waals surface area (Å²) in [4.78, 5) is 28.1. The van der Waals surface area contributed by atoms with E-state index in [9.17, 15) is 9.59 Å². The van der Waals surface area contributed by atoms with Crippen LogP contribution in [0.4, 0.5) is 0 Å². The summed E-state index contributed by atoms with van der Waals surface area (Å²) in [6, 6.07) is 28.2. The summed E-state index contributed by atoms with van der Waals surface area (Å²) >= 11 is 0. The number of benzene rings is 3. The lowest BCUT2D eigenvalue weighted by molar-refractivity contribution is -0.126. The van der Waals surface area contributed by atoms with Gasteiger partial charge in [0, 0.05) is 17.4 Å². The van der Waals surface area contributed by atoms with Crippen molar-refractivity contribution < 1.29 is 9.59 Å². The van der Waals surface area contributed by atoms with Gasteiger partial charge in [-0.1, -0.05) is 104 Å². The van der Waals surface area contributed by atoms with Crippen LogP contribution in [0.25, 0.3) is 11.1 Å². The number of rotatable bonds is 2. The Morgan fingerprint density at radius 3 is 2.03 bits per heavy atom. The summed E-state index contributed by atoms with van der Waals surface area (Å²) in [5.41, 5.74) is 5.81. The van der Waals surface area contributed by atoms with Gasteiger partial charge in [-0.3, -0.25) is 9.59 Å². The van der Waals surface area contributed by atoms with Gasteiger partial charge < -0.3 is 0 Å². The Labute approximate surface area is 195 Å². The summed E-state index contributed by atoms with van der Waals surface area (Å²) < 4.78 is 0. The van der Waals surface area contributed by atoms with Crippen LogP contribution in [0.15, 0.2) is 96.6 Å². The van der Waals surface area contributed by atoms with Crippen molar-refractivity contribution in [1.29, 1.82) is 0 Å². The Hall–Kier alpha value is -3.52. The first-order valence-corrected chi connectivity index (χ1v) is 11.6. The highest BCUT2D eigenvalue weighted by atomic mass is 16.1. The minimum atomic E-state index is -0.792. The smallest absolute Gasteiger partial charge is 0.173 e. The first kappa shape index (κ1) is 21.3. The summed E-state index contributed by atoms with van der Waals surface area (Å²) in [5, 5.41) is 0. The number of Topliss-reactive ketones (excluding diaryl/α,β-unsaturated/α-hetero) is 2. The quantitative estimate of drug-likeness (QED) is 0.454. The lowest BCUT2D eigenvalue weighted by Gasteiger charge is -2.40. The molecule has 3 aromatic carbocycles. The number of hydrogen-bond donors (Lipinski definition) is 0. The van der Waals surface area contributed by atoms with Crippen molar-refractivity contribution in [1.82, 2.24) is 0 Å². The van der Waals surface area contributed by atoms with Crippen LogP contribution in [0, 0.1) is 11.8 Å². The Morgan fingerprint density at radius 2 is 1.36 bits per heavy atom. The van der Waals surface area contributed by atoms with Crippen LogP contribution in [0.2, 0.25) is 0 Å². The summed E-state index contributed by atoms with van der Waals surface area (Å²) in [5.74, 6) is -0.274. The molecule has 5 rings (SSSR count). The van der Waals surface area contributed by atoms with Gasteiger partial charge in [0.2, 0.25) is 0 Å². The molecule has 0 saturated carbocycles. The highest BCUT2D eigenvalue weighted by Crippen LogP contribution is 2.49. The molecule has 0 N–H and O–H groups in total. The van der Waals surface area contributed by atoms with Crippen molar-refractivity contribution in [3.63, 3.8) is 0 Å². The second kappa shape index (κ2) is 8.12. The van der Waals surface area contributed by atoms with E-state index >= 15 is 0 Å². The monoisotopic (exact) mass is 432 g/mol. The fourth-order valence-corrected chi connectivity index (χ4v) is 5.60. The first-order chi connectivity index (χ1) is 15.9. The van der Waals surface area contributed by atoms with E-state index in [1.807, 2.05) is 81.4 Å². The van der Waals surface area contributed by atoms with E-state index in [1.165, 1.54) is 0 Å². The van der Waals surface area contributed by atoms with Crippen LogP contribution in [-0.4, -0.2) is 11.6 Å². The normalized spacial score (nSPS) is 26.6. The van der Waals surface area contributed by atoms with Gasteiger partial charge in [0.1, 0.15) is 5.78 Å². The van der Waals surface area contributed by atoms with Gasteiger partial charge in [-0.05, 0) is 48.1 Å². The van der Waals surface area contributed by atoms with Gasteiger partial charge in [0.15, 0.2) is 5.78 Å². The zero-order chi connectivity index (χ0) is 23.2. The van der Waals surface area contributed by atoms with Gasteiger partial charge in [0.25, 0.3) is 0 Å². The number of carbonyl (C=O) groups is 2. The lowest BCUT2D eigenvalue weighted by Crippen LogP contribution is -2.43. The van der Waals surface area contributed by atoms with Crippen molar-refractivity contribution in [2.24, 2.45) is 11.8 Å². The number of hydrogen-bond acceptors (Lipinski definition) is 2. The van der Waals surface area contributed by atoms with E-state index in [0.29, 0.717) is 12.0 Å². The lowest BCUT2D eigenvalue weighted by atomic mass is 9.61. The molecule has 0 amide bonds. The molecule has 33 heavy (non-hydrogen) atoms. The van der Waals surface area contributed by atoms with Crippen LogP contribution < -0.4 is 0 Å². The third kappa shape index (κ3) is 3.41. The largest absolute Gasteiger partial charge is 0.298 e. The van der Waals surface area contributed by atoms with Crippen molar-refractivity contribution in [3.8, 4) is 0 Å². The molecule has 0 fully saturated rings. The molecule has 2 aliphatic carbocycles. The summed E-state index contributed by atoms with van der Waals surface area (Å²) in [6.45, 7) is 5.99. The second-order valence-electron chi connectivity index (χ2n) is 9.52. The maximum atomic E-state index is 14.3. The number of carbonyl (C=O) groups excluding carboxylic acids is 2. The molecular weight excluding hydrogens is 404 g/mol. The van der Waals surface area contributed by atoms with Crippen molar-refractivity contribution in [2.45, 2.75) is 32.6 Å². The summed E-state index contributed by atoms with van der Waals surface area (Å²) in [6.07, 6.45) is 2.60. The predicted molar refractivity (Wildman–Crippen MR) is 134 cm³/mol. The maximum absolute atomic E-state index is 14.3. The van der Waals surface area contributed by atoms with Crippen LogP contribution >= 0.6 is 0 Å². The maximum Gasteiger partial charge on any atom is 0.173 e. The van der Waals surface area contributed by atoms with Crippen LogP contribution in [-0.2, 0) is 15.0 Å². The molecule has 0 aliphatic heterocycles. The molecule has 2 bridgehead atoms. The molecule has 0 heterocycles. The van der Waals surface area contributed by atoms with Crippen molar-refractivity contribution >= 4 is 22.7 Å². The Kier molecular flexibility index (Phi) is 5.25. The van der Waals surface area contributed by atoms with E-state index in [2.05, 4.69) is 30.3 Å². The molecule has 2 aliphatic rings. The average Bonchev–Trinajstić information content (AvgIpc) is 2.88. The van der Waals surface area contributed by atoms with Gasteiger partial charge in [-0.2, -0.15) is 0 Å². The van der Waals surface area contributed by atoms with Gasteiger partial charge in [-0.25, -0.2) is 0 Å².